The van der Waals surface area contributed by atoms with Gasteiger partial charge in [-0.15, -0.1) is 0 Å². The fourth-order valence-electron chi connectivity index (χ4n) is 10.0. The second-order valence-corrected chi connectivity index (χ2v) is 14.8. The molecule has 222 valence electrons. The molecule has 9 aliphatic carbocycles. The fourth-order valence-corrected chi connectivity index (χ4v) is 10.0. The molecule has 2 aromatic carbocycles. The molecule has 47 heavy (non-hydrogen) atoms. The number of benzene rings is 2. The van der Waals surface area contributed by atoms with Gasteiger partial charge in [0.1, 0.15) is 0 Å². The van der Waals surface area contributed by atoms with Gasteiger partial charge in [-0.25, -0.2) is 0 Å². The van der Waals surface area contributed by atoms with Crippen molar-refractivity contribution >= 4 is 11.1 Å². The first-order chi connectivity index (χ1) is 23.0. The molecule has 0 bridgehead atoms. The standard InChI is InChI=1S/C47H34/c1-47(2)41-25-33(35-19-13-31-11-9-27-5-3-7-29-15-23-39(35)45(31)43(27)29)17-21-37(41)38-22-18-34(26-42(38)47)36-20-14-32-12-10-28-6-4-8-30-16-24-40(36)46(32)44(28)30/h3-26,43-46H,1-2H3. The van der Waals surface area contributed by atoms with Crippen molar-refractivity contribution in [2.24, 2.45) is 23.7 Å². The van der Waals surface area contributed by atoms with Gasteiger partial charge in [-0.05, 0) is 101 Å². The number of allylic oxidation sites excluding steroid dienone is 28. The Labute approximate surface area is 277 Å². The van der Waals surface area contributed by atoms with Crippen LogP contribution in [0.15, 0.2) is 190 Å². The topological polar surface area (TPSA) is 0 Å². The lowest BCUT2D eigenvalue weighted by molar-refractivity contribution is 0.566. The molecule has 0 heteroatoms. The molecular formula is C47H34. The molecule has 0 amide bonds. The van der Waals surface area contributed by atoms with Crippen LogP contribution in [0.5, 0.6) is 0 Å². The van der Waals surface area contributed by atoms with Crippen molar-refractivity contribution in [3.63, 3.8) is 0 Å². The SMILES string of the molecule is CC1(C)c2cc(C3=C4C=CC5=CC=CC6=CC=C(C=C3)C4C56)ccc2-c2ccc(C3=C4C=CC5=CC=CC6=CC=C(C=C3)C4C56)cc21. The zero-order valence-corrected chi connectivity index (χ0v) is 26.7. The highest BCUT2D eigenvalue weighted by molar-refractivity contribution is 5.90. The van der Waals surface area contributed by atoms with Crippen LogP contribution in [0.3, 0.4) is 0 Å². The summed E-state index contributed by atoms with van der Waals surface area (Å²) >= 11 is 0. The van der Waals surface area contributed by atoms with Gasteiger partial charge in [-0.2, -0.15) is 0 Å². The van der Waals surface area contributed by atoms with Crippen LogP contribution in [0.25, 0.3) is 22.3 Å². The summed E-state index contributed by atoms with van der Waals surface area (Å²) in [6.07, 6.45) is 41.8. The summed E-state index contributed by atoms with van der Waals surface area (Å²) < 4.78 is 0. The van der Waals surface area contributed by atoms with E-state index in [4.69, 9.17) is 0 Å². The molecule has 0 N–H and O–H groups in total. The molecule has 4 unspecified atom stereocenters. The second kappa shape index (κ2) is 8.99. The van der Waals surface area contributed by atoms with E-state index in [0.717, 1.165) is 0 Å². The second-order valence-electron chi connectivity index (χ2n) is 14.8. The van der Waals surface area contributed by atoms with E-state index < -0.39 is 0 Å². The lowest BCUT2D eigenvalue weighted by atomic mass is 9.63. The van der Waals surface area contributed by atoms with Gasteiger partial charge >= 0.3 is 0 Å². The molecule has 0 spiro atoms. The summed E-state index contributed by atoms with van der Waals surface area (Å²) in [6.45, 7) is 4.84. The smallest absolute Gasteiger partial charge is 0.0205 e. The largest absolute Gasteiger partial charge is 0.0617 e. The molecule has 0 radical (unpaired) electrons. The average Bonchev–Trinajstić information content (AvgIpc) is 3.34. The van der Waals surface area contributed by atoms with E-state index in [0.29, 0.717) is 23.7 Å². The third-order valence-electron chi connectivity index (χ3n) is 12.3. The predicted octanol–water partition coefficient (Wildman–Crippen LogP) is 11.0. The van der Waals surface area contributed by atoms with E-state index in [2.05, 4.69) is 160 Å². The Hall–Kier alpha value is -5.20. The van der Waals surface area contributed by atoms with Gasteiger partial charge < -0.3 is 0 Å². The number of rotatable bonds is 2. The number of hydrogen-bond acceptors (Lipinski definition) is 0. The molecule has 4 atom stereocenters. The van der Waals surface area contributed by atoms with Crippen molar-refractivity contribution in [1.82, 2.24) is 0 Å². The molecule has 9 aliphatic rings. The Morgan fingerprint density at radius 3 is 1.28 bits per heavy atom. The van der Waals surface area contributed by atoms with Crippen LogP contribution < -0.4 is 0 Å². The van der Waals surface area contributed by atoms with Crippen LogP contribution in [-0.4, -0.2) is 0 Å². The lowest BCUT2D eigenvalue weighted by Gasteiger charge is -2.40. The van der Waals surface area contributed by atoms with Crippen LogP contribution in [-0.2, 0) is 5.41 Å². The molecular weight excluding hydrogens is 565 g/mol. The number of hydrogen-bond donors (Lipinski definition) is 0. The average molecular weight is 599 g/mol. The van der Waals surface area contributed by atoms with Gasteiger partial charge in [0.05, 0.1) is 0 Å². The van der Waals surface area contributed by atoms with Crippen LogP contribution in [0.4, 0.5) is 0 Å². The minimum Gasteiger partial charge on any atom is -0.0617 e. The van der Waals surface area contributed by atoms with Crippen molar-refractivity contribution < 1.29 is 0 Å². The normalized spacial score (nSPS) is 28.5. The first-order valence-corrected chi connectivity index (χ1v) is 17.2. The lowest BCUT2D eigenvalue weighted by Crippen LogP contribution is -2.29. The number of fused-ring (bicyclic) bond motifs is 3. The van der Waals surface area contributed by atoms with Gasteiger partial charge in [-0.1, -0.05) is 147 Å². The Bertz CT molecular complexity index is 2190. The third kappa shape index (κ3) is 3.38. The molecule has 0 saturated heterocycles. The van der Waals surface area contributed by atoms with E-state index in [1.807, 2.05) is 0 Å². The van der Waals surface area contributed by atoms with E-state index >= 15 is 0 Å². The summed E-state index contributed by atoms with van der Waals surface area (Å²) in [4.78, 5) is 0. The third-order valence-corrected chi connectivity index (χ3v) is 12.3. The van der Waals surface area contributed by atoms with Crippen LogP contribution in [0, 0.1) is 23.7 Å². The van der Waals surface area contributed by atoms with Crippen LogP contribution in [0.2, 0.25) is 0 Å². The van der Waals surface area contributed by atoms with E-state index in [9.17, 15) is 0 Å². The maximum Gasteiger partial charge on any atom is 0.0205 e. The molecule has 11 rings (SSSR count). The molecule has 0 aromatic heterocycles. The Morgan fingerprint density at radius 1 is 0.404 bits per heavy atom. The van der Waals surface area contributed by atoms with Crippen molar-refractivity contribution in [2.45, 2.75) is 19.3 Å². The quantitative estimate of drug-likeness (QED) is 0.323. The highest BCUT2D eigenvalue weighted by atomic mass is 14.4. The van der Waals surface area contributed by atoms with Crippen molar-refractivity contribution in [3.05, 3.63) is 213 Å². The van der Waals surface area contributed by atoms with Gasteiger partial charge in [0.2, 0.25) is 0 Å². The maximum atomic E-state index is 2.50. The first kappa shape index (κ1) is 25.9. The van der Waals surface area contributed by atoms with Gasteiger partial charge in [0, 0.05) is 29.1 Å². The Balaban J connectivity index is 1.00. The Kier molecular flexibility index (Phi) is 4.96. The minimum atomic E-state index is -0.0968. The predicted molar refractivity (Wildman–Crippen MR) is 195 cm³/mol. The zero-order valence-electron chi connectivity index (χ0n) is 26.7. The van der Waals surface area contributed by atoms with Gasteiger partial charge in [0.25, 0.3) is 0 Å². The van der Waals surface area contributed by atoms with Gasteiger partial charge in [-0.3, -0.25) is 0 Å². The molecule has 0 nitrogen and oxygen atoms in total. The van der Waals surface area contributed by atoms with E-state index in [-0.39, 0.29) is 5.41 Å². The maximum absolute atomic E-state index is 2.50. The van der Waals surface area contributed by atoms with E-state index in [1.165, 1.54) is 89.1 Å². The summed E-state index contributed by atoms with van der Waals surface area (Å²) in [5, 5.41) is 0. The first-order valence-electron chi connectivity index (χ1n) is 17.2. The van der Waals surface area contributed by atoms with Crippen molar-refractivity contribution in [3.8, 4) is 11.1 Å². The summed E-state index contributed by atoms with van der Waals surface area (Å²) in [6, 6.07) is 14.5. The van der Waals surface area contributed by atoms with Gasteiger partial charge in [0.15, 0.2) is 0 Å². The highest BCUT2D eigenvalue weighted by Gasteiger charge is 2.41. The van der Waals surface area contributed by atoms with Crippen LogP contribution >= 0.6 is 0 Å². The summed E-state index contributed by atoms with van der Waals surface area (Å²) in [5.74, 6) is 1.64. The van der Waals surface area contributed by atoms with E-state index in [1.54, 1.807) is 0 Å². The fraction of sp³-hybridized carbons (Fsp3) is 0.149. The van der Waals surface area contributed by atoms with Crippen LogP contribution in [0.1, 0.15) is 36.1 Å². The monoisotopic (exact) mass is 598 g/mol. The molecule has 0 saturated carbocycles. The molecule has 0 fully saturated rings. The van der Waals surface area contributed by atoms with Crippen molar-refractivity contribution in [2.75, 3.05) is 0 Å². The summed E-state index contributed by atoms with van der Waals surface area (Å²) in [5.41, 5.74) is 22.4. The molecule has 0 heterocycles. The van der Waals surface area contributed by atoms with Crippen molar-refractivity contribution in [1.29, 1.82) is 0 Å². The zero-order chi connectivity index (χ0) is 31.0. The molecule has 2 aromatic rings. The highest BCUT2D eigenvalue weighted by Crippen LogP contribution is 2.55. The Morgan fingerprint density at radius 2 is 0.809 bits per heavy atom. The minimum absolute atomic E-state index is 0.0968. The summed E-state index contributed by atoms with van der Waals surface area (Å²) in [7, 11) is 0. The molecule has 0 aliphatic heterocycles.